The van der Waals surface area contributed by atoms with Crippen molar-refractivity contribution < 1.29 is 4.74 Å². The van der Waals surface area contributed by atoms with E-state index in [0.29, 0.717) is 0 Å². The second kappa shape index (κ2) is 3.29. The topological polar surface area (TPSA) is 9.23 Å². The largest absolute Gasteiger partial charge is 0.501 e. The van der Waals surface area contributed by atoms with Crippen LogP contribution >= 0.6 is 0 Å². The highest BCUT2D eigenvalue weighted by atomic mass is 16.5. The quantitative estimate of drug-likeness (QED) is 0.569. The summed E-state index contributed by atoms with van der Waals surface area (Å²) in [7, 11) is 0. The molecule has 0 saturated heterocycles. The Hall–Kier alpha value is -0.460. The third kappa shape index (κ3) is 1.69. The summed E-state index contributed by atoms with van der Waals surface area (Å²) in [5, 5.41) is 0. The number of hydrogen-bond acceptors (Lipinski definition) is 1. The molecule has 0 amide bonds. The third-order valence-electron chi connectivity index (χ3n) is 3.86. The van der Waals surface area contributed by atoms with Crippen LogP contribution in [0.2, 0.25) is 0 Å². The van der Waals surface area contributed by atoms with Crippen molar-refractivity contribution in [1.29, 1.82) is 0 Å². The average Bonchev–Trinajstić information content (AvgIpc) is 2.02. The second-order valence-electron chi connectivity index (χ2n) is 6.47. The molecule has 14 heavy (non-hydrogen) atoms. The van der Waals surface area contributed by atoms with Gasteiger partial charge in [0.05, 0.1) is 12.9 Å². The fraction of sp³-hybridized carbons (Fsp3) is 0.846. The highest BCUT2D eigenvalue weighted by molar-refractivity contribution is 5.05. The van der Waals surface area contributed by atoms with Crippen LogP contribution in [-0.4, -0.2) is 6.61 Å². The van der Waals surface area contributed by atoms with Gasteiger partial charge in [0, 0.05) is 5.41 Å². The summed E-state index contributed by atoms with van der Waals surface area (Å²) in [6, 6.07) is 0. The zero-order valence-electron chi connectivity index (χ0n) is 10.5. The number of hydrogen-bond donors (Lipinski definition) is 0. The van der Waals surface area contributed by atoms with Crippen LogP contribution in [0.3, 0.4) is 0 Å². The average molecular weight is 196 g/mol. The van der Waals surface area contributed by atoms with Gasteiger partial charge in [-0.3, -0.25) is 0 Å². The first-order chi connectivity index (χ1) is 6.21. The molecule has 82 valence electrons. The Morgan fingerprint density at radius 3 is 1.71 bits per heavy atom. The highest BCUT2D eigenvalue weighted by Crippen LogP contribution is 2.55. The van der Waals surface area contributed by atoms with Crippen molar-refractivity contribution in [1.82, 2.24) is 0 Å². The molecular weight excluding hydrogens is 172 g/mol. The van der Waals surface area contributed by atoms with E-state index < -0.39 is 0 Å². The van der Waals surface area contributed by atoms with Crippen molar-refractivity contribution in [2.45, 2.75) is 48.0 Å². The van der Waals surface area contributed by atoms with E-state index in [0.717, 1.165) is 13.0 Å². The summed E-state index contributed by atoms with van der Waals surface area (Å²) >= 11 is 0. The first-order valence-corrected chi connectivity index (χ1v) is 5.47. The van der Waals surface area contributed by atoms with E-state index in [1.807, 2.05) is 6.26 Å². The van der Waals surface area contributed by atoms with Crippen molar-refractivity contribution >= 4 is 0 Å². The molecule has 0 aromatic rings. The van der Waals surface area contributed by atoms with E-state index in [1.165, 1.54) is 0 Å². The zero-order valence-corrected chi connectivity index (χ0v) is 10.5. The number of ether oxygens (including phenoxy) is 1. The third-order valence-corrected chi connectivity index (χ3v) is 3.86. The molecule has 0 unspecified atom stereocenters. The van der Waals surface area contributed by atoms with Crippen LogP contribution < -0.4 is 0 Å². The van der Waals surface area contributed by atoms with Gasteiger partial charge in [-0.1, -0.05) is 41.5 Å². The zero-order chi connectivity index (χ0) is 11.0. The Morgan fingerprint density at radius 2 is 1.50 bits per heavy atom. The summed E-state index contributed by atoms with van der Waals surface area (Å²) in [5.74, 6) is 0. The fourth-order valence-corrected chi connectivity index (χ4v) is 2.74. The van der Waals surface area contributed by atoms with Gasteiger partial charge in [-0.05, 0) is 23.3 Å². The van der Waals surface area contributed by atoms with Crippen molar-refractivity contribution in [2.24, 2.45) is 16.2 Å². The van der Waals surface area contributed by atoms with E-state index in [1.54, 1.807) is 0 Å². The maximum absolute atomic E-state index is 5.56. The summed E-state index contributed by atoms with van der Waals surface area (Å²) in [4.78, 5) is 0. The van der Waals surface area contributed by atoms with Crippen LogP contribution in [0.5, 0.6) is 0 Å². The van der Waals surface area contributed by atoms with Crippen molar-refractivity contribution in [3.63, 3.8) is 0 Å². The molecule has 0 fully saturated rings. The molecule has 1 aliphatic heterocycles. The molecule has 0 aliphatic carbocycles. The second-order valence-corrected chi connectivity index (χ2v) is 6.47. The standard InChI is InChI=1S/C13H24O/c1-11(2,3)13(12(4,5)6)8-7-9-14-10-13/h7,9H,8,10H2,1-6H3. The predicted molar refractivity (Wildman–Crippen MR) is 61.1 cm³/mol. The Kier molecular flexibility index (Phi) is 2.73. The van der Waals surface area contributed by atoms with Gasteiger partial charge in [-0.2, -0.15) is 0 Å². The van der Waals surface area contributed by atoms with Crippen molar-refractivity contribution in [3.05, 3.63) is 12.3 Å². The van der Waals surface area contributed by atoms with Crippen LogP contribution in [-0.2, 0) is 4.74 Å². The molecular formula is C13H24O. The molecule has 0 radical (unpaired) electrons. The molecule has 1 nitrogen and oxygen atoms in total. The molecule has 0 aromatic heterocycles. The molecule has 0 spiro atoms. The minimum Gasteiger partial charge on any atom is -0.501 e. The monoisotopic (exact) mass is 196 g/mol. The number of allylic oxidation sites excluding steroid dienone is 1. The lowest BCUT2D eigenvalue weighted by Crippen LogP contribution is -2.50. The minimum atomic E-state index is 0.245. The summed E-state index contributed by atoms with van der Waals surface area (Å²) in [6.45, 7) is 14.8. The van der Waals surface area contributed by atoms with Crippen molar-refractivity contribution in [2.75, 3.05) is 6.61 Å². The van der Waals surface area contributed by atoms with Gasteiger partial charge in [0.15, 0.2) is 0 Å². The maximum Gasteiger partial charge on any atom is 0.0942 e. The predicted octanol–water partition coefficient (Wildman–Crippen LogP) is 4.00. The van der Waals surface area contributed by atoms with Crippen LogP contribution in [0.4, 0.5) is 0 Å². The smallest absolute Gasteiger partial charge is 0.0942 e. The van der Waals surface area contributed by atoms with Crippen LogP contribution in [0.15, 0.2) is 12.3 Å². The molecule has 0 aromatic carbocycles. The molecule has 1 aliphatic rings. The van der Waals surface area contributed by atoms with Gasteiger partial charge < -0.3 is 4.74 Å². The normalized spacial score (nSPS) is 21.9. The van der Waals surface area contributed by atoms with Crippen molar-refractivity contribution in [3.8, 4) is 0 Å². The SMILES string of the molecule is CC(C)(C)C1(C(C)(C)C)CC=COC1. The van der Waals surface area contributed by atoms with Gasteiger partial charge >= 0.3 is 0 Å². The van der Waals surface area contributed by atoms with Gasteiger partial charge in [0.2, 0.25) is 0 Å². The van der Waals surface area contributed by atoms with E-state index in [9.17, 15) is 0 Å². The molecule has 1 heteroatoms. The highest BCUT2D eigenvalue weighted by Gasteiger charge is 2.50. The molecule has 0 saturated carbocycles. The van der Waals surface area contributed by atoms with Crippen LogP contribution in [0, 0.1) is 16.2 Å². The molecule has 0 bridgehead atoms. The first-order valence-electron chi connectivity index (χ1n) is 5.47. The Bertz CT molecular complexity index is 211. The molecule has 0 N–H and O–H groups in total. The Balaban J connectivity index is 3.09. The summed E-state index contributed by atoms with van der Waals surface area (Å²) in [6.07, 6.45) is 5.13. The first kappa shape index (κ1) is 11.6. The molecule has 1 rings (SSSR count). The number of rotatable bonds is 0. The Morgan fingerprint density at radius 1 is 1.00 bits per heavy atom. The summed E-state index contributed by atoms with van der Waals surface area (Å²) < 4.78 is 5.56. The van der Waals surface area contributed by atoms with Gasteiger partial charge in [-0.25, -0.2) is 0 Å². The van der Waals surface area contributed by atoms with E-state index in [4.69, 9.17) is 4.74 Å². The van der Waals surface area contributed by atoms with E-state index >= 15 is 0 Å². The lowest BCUT2D eigenvalue weighted by atomic mass is 9.52. The van der Waals surface area contributed by atoms with E-state index in [-0.39, 0.29) is 16.2 Å². The minimum absolute atomic E-state index is 0.245. The molecule has 0 atom stereocenters. The van der Waals surface area contributed by atoms with Gasteiger partial charge in [-0.15, -0.1) is 0 Å². The van der Waals surface area contributed by atoms with Gasteiger partial charge in [0.1, 0.15) is 0 Å². The Labute approximate surface area is 88.5 Å². The van der Waals surface area contributed by atoms with Crippen LogP contribution in [0.25, 0.3) is 0 Å². The van der Waals surface area contributed by atoms with E-state index in [2.05, 4.69) is 47.6 Å². The van der Waals surface area contributed by atoms with Crippen LogP contribution in [0.1, 0.15) is 48.0 Å². The van der Waals surface area contributed by atoms with Gasteiger partial charge in [0.25, 0.3) is 0 Å². The lowest BCUT2D eigenvalue weighted by Gasteiger charge is -2.54. The fourth-order valence-electron chi connectivity index (χ4n) is 2.74. The lowest BCUT2D eigenvalue weighted by molar-refractivity contribution is -0.0864. The summed E-state index contributed by atoms with van der Waals surface area (Å²) in [5.41, 5.74) is 0.792. The molecule has 1 heterocycles. The maximum atomic E-state index is 5.56.